The highest BCUT2D eigenvalue weighted by molar-refractivity contribution is 9.10. The quantitative estimate of drug-likeness (QED) is 0.844. The minimum Gasteiger partial charge on any atom is -0.371 e. The molecule has 4 nitrogen and oxygen atoms in total. The maximum absolute atomic E-state index is 14.3. The molecule has 1 aromatic heterocycles. The molecule has 0 radical (unpaired) electrons. The molecule has 1 aliphatic heterocycles. The van der Waals surface area contributed by atoms with Gasteiger partial charge in [0.05, 0.1) is 21.4 Å². The van der Waals surface area contributed by atoms with E-state index in [9.17, 15) is 4.39 Å². The highest BCUT2D eigenvalue weighted by Gasteiger charge is 2.39. The second-order valence-electron chi connectivity index (χ2n) is 6.41. The Morgan fingerprint density at radius 1 is 1.38 bits per heavy atom. The normalized spacial score (nSPS) is 18.9. The van der Waals surface area contributed by atoms with Gasteiger partial charge in [-0.3, -0.25) is 4.57 Å². The maximum Gasteiger partial charge on any atom is 0.162 e. The van der Waals surface area contributed by atoms with Gasteiger partial charge in [-0.05, 0) is 61.0 Å². The van der Waals surface area contributed by atoms with E-state index in [1.54, 1.807) is 6.07 Å². The summed E-state index contributed by atoms with van der Waals surface area (Å²) in [6.07, 6.45) is 2.21. The third kappa shape index (κ3) is 1.78. The van der Waals surface area contributed by atoms with Gasteiger partial charge in [0, 0.05) is 6.07 Å². The number of fused-ring (bicyclic) bond motifs is 3. The van der Waals surface area contributed by atoms with Crippen LogP contribution in [0.25, 0.3) is 5.69 Å². The number of halogens is 2. The molecular weight excluding hydrogens is 335 g/mol. The van der Waals surface area contributed by atoms with Gasteiger partial charge in [-0.1, -0.05) is 0 Å². The van der Waals surface area contributed by atoms with Crippen LogP contribution in [0, 0.1) is 12.7 Å². The molecule has 0 saturated heterocycles. The standard InChI is InChI=1S/C15H16BrFN4/c1-7-19-20-14-15(2,3)18-10-6-9(17)12(16)11(8-4-5-8)13(10)21(7)14/h6,8,18H,4-5H2,1-3H3. The monoisotopic (exact) mass is 350 g/mol. The highest BCUT2D eigenvalue weighted by atomic mass is 79.9. The molecule has 0 spiro atoms. The van der Waals surface area contributed by atoms with Crippen molar-refractivity contribution in [1.29, 1.82) is 0 Å². The van der Waals surface area contributed by atoms with Crippen molar-refractivity contribution in [2.24, 2.45) is 0 Å². The average Bonchev–Trinajstić information content (AvgIpc) is 3.15. The van der Waals surface area contributed by atoms with Crippen molar-refractivity contribution in [2.75, 3.05) is 5.32 Å². The number of nitrogens with zero attached hydrogens (tertiary/aromatic N) is 3. The molecule has 1 fully saturated rings. The summed E-state index contributed by atoms with van der Waals surface area (Å²) >= 11 is 3.44. The molecule has 6 heteroatoms. The van der Waals surface area contributed by atoms with E-state index in [1.807, 2.05) is 20.8 Å². The van der Waals surface area contributed by atoms with Gasteiger partial charge in [0.25, 0.3) is 0 Å². The van der Waals surface area contributed by atoms with E-state index in [0.29, 0.717) is 10.4 Å². The van der Waals surface area contributed by atoms with Crippen molar-refractivity contribution in [3.63, 3.8) is 0 Å². The molecule has 1 aromatic carbocycles. The first-order valence-electron chi connectivity index (χ1n) is 7.13. The summed E-state index contributed by atoms with van der Waals surface area (Å²) in [4.78, 5) is 0. The summed E-state index contributed by atoms with van der Waals surface area (Å²) in [5.74, 6) is 1.91. The lowest BCUT2D eigenvalue weighted by Crippen LogP contribution is -2.36. The van der Waals surface area contributed by atoms with E-state index >= 15 is 0 Å². The van der Waals surface area contributed by atoms with Gasteiger partial charge in [0.2, 0.25) is 0 Å². The molecule has 4 rings (SSSR count). The Kier molecular flexibility index (Phi) is 2.56. The first-order valence-corrected chi connectivity index (χ1v) is 7.92. The zero-order chi connectivity index (χ0) is 14.9. The molecule has 110 valence electrons. The van der Waals surface area contributed by atoms with Crippen LogP contribution in [0.4, 0.5) is 10.1 Å². The minimum absolute atomic E-state index is 0.215. The Balaban J connectivity index is 2.10. The zero-order valence-corrected chi connectivity index (χ0v) is 13.8. The Morgan fingerprint density at radius 2 is 2.10 bits per heavy atom. The van der Waals surface area contributed by atoms with Crippen LogP contribution in [-0.2, 0) is 5.54 Å². The predicted octanol–water partition coefficient (Wildman–Crippen LogP) is 4.02. The van der Waals surface area contributed by atoms with Crippen LogP contribution in [0.2, 0.25) is 0 Å². The van der Waals surface area contributed by atoms with Gasteiger partial charge in [-0.15, -0.1) is 10.2 Å². The summed E-state index contributed by atoms with van der Waals surface area (Å²) < 4.78 is 16.9. The summed E-state index contributed by atoms with van der Waals surface area (Å²) in [5, 5.41) is 12.0. The molecule has 0 unspecified atom stereocenters. The summed E-state index contributed by atoms with van der Waals surface area (Å²) in [6.45, 7) is 6.01. The molecular formula is C15H16BrFN4. The topological polar surface area (TPSA) is 42.7 Å². The summed E-state index contributed by atoms with van der Waals surface area (Å²) in [7, 11) is 0. The molecule has 2 heterocycles. The number of hydrogen-bond acceptors (Lipinski definition) is 3. The van der Waals surface area contributed by atoms with Gasteiger partial charge in [-0.25, -0.2) is 4.39 Å². The Morgan fingerprint density at radius 3 is 2.76 bits per heavy atom. The van der Waals surface area contributed by atoms with Crippen LogP contribution in [-0.4, -0.2) is 14.8 Å². The van der Waals surface area contributed by atoms with Gasteiger partial charge in [-0.2, -0.15) is 0 Å². The van der Waals surface area contributed by atoms with Crippen LogP contribution in [0.1, 0.15) is 49.8 Å². The fourth-order valence-electron chi connectivity index (χ4n) is 3.14. The lowest BCUT2D eigenvalue weighted by Gasteiger charge is -2.35. The fraction of sp³-hybridized carbons (Fsp3) is 0.467. The number of rotatable bonds is 1. The van der Waals surface area contributed by atoms with Gasteiger partial charge in [0.1, 0.15) is 11.6 Å². The summed E-state index contributed by atoms with van der Waals surface area (Å²) in [6, 6.07) is 1.56. The lowest BCUT2D eigenvalue weighted by molar-refractivity contribution is 0.530. The lowest BCUT2D eigenvalue weighted by atomic mass is 9.96. The molecule has 0 amide bonds. The van der Waals surface area contributed by atoms with Crippen molar-refractivity contribution in [3.8, 4) is 5.69 Å². The van der Waals surface area contributed by atoms with E-state index < -0.39 is 0 Å². The van der Waals surface area contributed by atoms with E-state index in [1.165, 1.54) is 0 Å². The van der Waals surface area contributed by atoms with Crippen molar-refractivity contribution in [2.45, 2.75) is 45.1 Å². The third-order valence-electron chi connectivity index (χ3n) is 4.27. The number of nitrogens with one attached hydrogen (secondary N) is 1. The van der Waals surface area contributed by atoms with Gasteiger partial charge < -0.3 is 5.32 Å². The van der Waals surface area contributed by atoms with Crippen LogP contribution >= 0.6 is 15.9 Å². The minimum atomic E-state index is -0.380. The Hall–Kier alpha value is -1.43. The second-order valence-corrected chi connectivity index (χ2v) is 7.21. The van der Waals surface area contributed by atoms with Crippen LogP contribution in [0.5, 0.6) is 0 Å². The number of aromatic nitrogens is 3. The van der Waals surface area contributed by atoms with Gasteiger partial charge in [0.15, 0.2) is 5.82 Å². The molecule has 1 aliphatic carbocycles. The molecule has 2 aromatic rings. The van der Waals surface area contributed by atoms with E-state index in [2.05, 4.69) is 36.0 Å². The van der Waals surface area contributed by atoms with Crippen molar-refractivity contribution >= 4 is 21.6 Å². The molecule has 0 bridgehead atoms. The van der Waals surface area contributed by atoms with E-state index in [-0.39, 0.29) is 11.4 Å². The number of anilines is 1. The SMILES string of the molecule is Cc1nnc2n1-c1c(cc(F)c(Br)c1C1CC1)NC2(C)C. The molecule has 1 saturated carbocycles. The average molecular weight is 351 g/mol. The molecule has 21 heavy (non-hydrogen) atoms. The first-order chi connectivity index (χ1) is 9.90. The maximum atomic E-state index is 14.3. The zero-order valence-electron chi connectivity index (χ0n) is 12.2. The van der Waals surface area contributed by atoms with Crippen molar-refractivity contribution in [3.05, 3.63) is 33.6 Å². The van der Waals surface area contributed by atoms with Crippen LogP contribution in [0.15, 0.2) is 10.5 Å². The van der Waals surface area contributed by atoms with E-state index in [4.69, 9.17) is 0 Å². The summed E-state index contributed by atoms with van der Waals surface area (Å²) in [5.41, 5.74) is 2.48. The molecule has 0 atom stereocenters. The molecule has 1 N–H and O–H groups in total. The van der Waals surface area contributed by atoms with Crippen LogP contribution < -0.4 is 5.32 Å². The Labute approximate surface area is 130 Å². The van der Waals surface area contributed by atoms with Crippen LogP contribution in [0.3, 0.4) is 0 Å². The highest BCUT2D eigenvalue weighted by Crippen LogP contribution is 2.51. The molecule has 2 aliphatic rings. The smallest absolute Gasteiger partial charge is 0.162 e. The predicted molar refractivity (Wildman–Crippen MR) is 82.4 cm³/mol. The van der Waals surface area contributed by atoms with Crippen molar-refractivity contribution < 1.29 is 4.39 Å². The third-order valence-corrected chi connectivity index (χ3v) is 5.07. The first kappa shape index (κ1) is 13.2. The van der Waals surface area contributed by atoms with E-state index in [0.717, 1.165) is 41.4 Å². The van der Waals surface area contributed by atoms with Gasteiger partial charge >= 0.3 is 0 Å². The number of benzene rings is 1. The largest absolute Gasteiger partial charge is 0.371 e. The number of hydrogen-bond donors (Lipinski definition) is 1. The number of aryl methyl sites for hydroxylation is 1. The van der Waals surface area contributed by atoms with Crippen molar-refractivity contribution in [1.82, 2.24) is 14.8 Å². The fourth-order valence-corrected chi connectivity index (χ4v) is 3.77. The second kappa shape index (κ2) is 4.06. The Bertz CT molecular complexity index is 762.